The van der Waals surface area contributed by atoms with E-state index < -0.39 is 0 Å². The van der Waals surface area contributed by atoms with Crippen LogP contribution in [0.4, 0.5) is 34.1 Å². The first-order valence-corrected chi connectivity index (χ1v) is 22.0. The highest BCUT2D eigenvalue weighted by atomic mass is 16.5. The molecule has 0 N–H and O–H groups in total. The molecule has 300 valence electrons. The Morgan fingerprint density at radius 1 is 0.453 bits per heavy atom. The molecule has 0 saturated heterocycles. The molecule has 0 radical (unpaired) electrons. The molecule has 0 spiro atoms. The summed E-state index contributed by atoms with van der Waals surface area (Å²) >= 11 is 0. The van der Waals surface area contributed by atoms with Crippen molar-refractivity contribution in [2.45, 2.75) is 6.32 Å². The van der Waals surface area contributed by atoms with E-state index in [2.05, 4.69) is 228 Å². The minimum Gasteiger partial charge on any atom is -0.555 e. The molecular formula is C59H39BN2O2. The largest absolute Gasteiger partial charge is 0.555 e. The average Bonchev–Trinajstić information content (AvgIpc) is 3.81. The molecule has 0 saturated carbocycles. The van der Waals surface area contributed by atoms with Gasteiger partial charge in [0.05, 0.1) is 17.1 Å². The molecule has 2 aliphatic rings. The summed E-state index contributed by atoms with van der Waals surface area (Å²) < 4.78 is 13.9. The van der Waals surface area contributed by atoms with Crippen LogP contribution in [0.3, 0.4) is 0 Å². The lowest BCUT2D eigenvalue weighted by Crippen LogP contribution is -2.35. The van der Waals surface area contributed by atoms with Gasteiger partial charge in [0, 0.05) is 28.0 Å². The molecule has 0 unspecified atom stereocenters. The Morgan fingerprint density at radius 3 is 1.89 bits per heavy atom. The molecule has 13 rings (SSSR count). The summed E-state index contributed by atoms with van der Waals surface area (Å²) in [6.07, 6.45) is 0.743. The molecule has 0 fully saturated rings. The van der Waals surface area contributed by atoms with Gasteiger partial charge >= 0.3 is 6.92 Å². The van der Waals surface area contributed by atoms with Gasteiger partial charge in [0.1, 0.15) is 5.75 Å². The first-order valence-electron chi connectivity index (χ1n) is 22.0. The normalized spacial score (nSPS) is 12.8. The zero-order valence-electron chi connectivity index (χ0n) is 34.9. The first kappa shape index (κ1) is 36.4. The third-order valence-corrected chi connectivity index (χ3v) is 13.1. The summed E-state index contributed by atoms with van der Waals surface area (Å²) in [7, 11) is 0. The summed E-state index contributed by atoms with van der Waals surface area (Å²) in [6.45, 7) is -0.0874. The van der Waals surface area contributed by atoms with Gasteiger partial charge in [0.2, 0.25) is 0 Å². The van der Waals surface area contributed by atoms with Crippen molar-refractivity contribution in [1.29, 1.82) is 0 Å². The Balaban J connectivity index is 1.09. The Morgan fingerprint density at radius 2 is 1.09 bits per heavy atom. The van der Waals surface area contributed by atoms with Gasteiger partial charge in [0.25, 0.3) is 0 Å². The summed E-state index contributed by atoms with van der Waals surface area (Å²) in [5.41, 5.74) is 12.9. The maximum Gasteiger partial charge on any atom is 0.396 e. The molecule has 11 aromatic rings. The summed E-state index contributed by atoms with van der Waals surface area (Å²) in [5.74, 6) is 2.51. The van der Waals surface area contributed by atoms with Gasteiger partial charge in [-0.1, -0.05) is 164 Å². The predicted octanol–water partition coefficient (Wildman–Crippen LogP) is 15.3. The van der Waals surface area contributed by atoms with Crippen molar-refractivity contribution in [3.8, 4) is 39.5 Å². The maximum absolute atomic E-state index is 7.14. The second-order valence-electron chi connectivity index (χ2n) is 16.8. The van der Waals surface area contributed by atoms with Crippen LogP contribution in [-0.2, 0) is 6.32 Å². The Hall–Kier alpha value is -8.28. The van der Waals surface area contributed by atoms with Gasteiger partial charge in [-0.25, -0.2) is 0 Å². The van der Waals surface area contributed by atoms with Crippen molar-refractivity contribution >= 4 is 78.8 Å². The van der Waals surface area contributed by atoms with E-state index in [0.717, 1.165) is 68.8 Å². The van der Waals surface area contributed by atoms with Crippen molar-refractivity contribution in [1.82, 2.24) is 0 Å². The van der Waals surface area contributed by atoms with Gasteiger partial charge in [-0.2, -0.15) is 0 Å². The minimum absolute atomic E-state index is 0.0874. The fraction of sp³-hybridized carbons (Fsp3) is 0.0169. The third-order valence-electron chi connectivity index (χ3n) is 13.1. The van der Waals surface area contributed by atoms with Crippen LogP contribution in [0.2, 0.25) is 0 Å². The summed E-state index contributed by atoms with van der Waals surface area (Å²) in [5, 5.41) is 7.45. The van der Waals surface area contributed by atoms with E-state index in [4.69, 9.17) is 9.39 Å². The standard InChI is InChI=1S/C59H39BN2O2/c1-4-14-39(15-5-1)40-28-32-46(33-29-40)61(52-35-31-43-27-26-41-16-12-17-42-30-34-49(52)58(43)57(41)42)47-36-50(48-22-13-25-55-51(48)38-60(64-55)44-18-6-2-7-19-44)59-54(37-47)62(45-20-8-3-9-21-45)53-23-10-11-24-56(53)63-59/h1-37H,38H2. The van der Waals surface area contributed by atoms with E-state index in [1.165, 1.54) is 54.5 Å². The van der Waals surface area contributed by atoms with E-state index in [-0.39, 0.29) is 6.92 Å². The monoisotopic (exact) mass is 818 g/mol. The Bertz CT molecular complexity index is 3530. The average molecular weight is 819 g/mol. The van der Waals surface area contributed by atoms with Gasteiger partial charge in [-0.05, 0) is 122 Å². The fourth-order valence-corrected chi connectivity index (χ4v) is 10.2. The molecule has 11 aromatic carbocycles. The molecule has 2 aliphatic heterocycles. The van der Waals surface area contributed by atoms with Gasteiger partial charge < -0.3 is 19.2 Å². The highest BCUT2D eigenvalue weighted by Gasteiger charge is 2.35. The van der Waals surface area contributed by atoms with Crippen molar-refractivity contribution in [2.24, 2.45) is 0 Å². The number of hydrogen-bond acceptors (Lipinski definition) is 4. The number of para-hydroxylation sites is 3. The zero-order valence-corrected chi connectivity index (χ0v) is 34.9. The molecular weight excluding hydrogens is 779 g/mol. The first-order chi connectivity index (χ1) is 31.7. The van der Waals surface area contributed by atoms with Crippen LogP contribution in [0, 0.1) is 0 Å². The van der Waals surface area contributed by atoms with Crippen molar-refractivity contribution in [3.05, 3.63) is 230 Å². The van der Waals surface area contributed by atoms with Crippen molar-refractivity contribution in [2.75, 3.05) is 9.80 Å². The van der Waals surface area contributed by atoms with Crippen molar-refractivity contribution in [3.63, 3.8) is 0 Å². The third kappa shape index (κ3) is 5.85. The van der Waals surface area contributed by atoms with E-state index in [9.17, 15) is 0 Å². The van der Waals surface area contributed by atoms with Gasteiger partial charge in [0.15, 0.2) is 11.5 Å². The quantitative estimate of drug-likeness (QED) is 0.118. The zero-order chi connectivity index (χ0) is 42.1. The highest BCUT2D eigenvalue weighted by molar-refractivity contribution is 6.68. The van der Waals surface area contributed by atoms with Crippen LogP contribution in [0.15, 0.2) is 224 Å². The molecule has 0 bridgehead atoms. The summed E-state index contributed by atoms with van der Waals surface area (Å²) in [6, 6.07) is 80.6. The molecule has 0 amide bonds. The maximum atomic E-state index is 7.14. The number of fused-ring (bicyclic) bond motifs is 3. The van der Waals surface area contributed by atoms with E-state index in [0.29, 0.717) is 0 Å². The molecule has 0 aromatic heterocycles. The molecule has 4 nitrogen and oxygen atoms in total. The lowest BCUT2D eigenvalue weighted by molar-refractivity contribution is 0.478. The second-order valence-corrected chi connectivity index (χ2v) is 16.8. The number of benzene rings is 11. The SMILES string of the molecule is c1ccc(B2Cc3c(cccc3-c3cc(N(c4ccc(-c5ccccc5)cc4)c4ccc5ccc6cccc7ccc4c5c67)cc4c3Oc3ccccc3N4c3ccccc3)O2)cc1. The summed E-state index contributed by atoms with van der Waals surface area (Å²) in [4.78, 5) is 4.80. The molecule has 0 atom stereocenters. The fourth-order valence-electron chi connectivity index (χ4n) is 10.2. The van der Waals surface area contributed by atoms with Crippen LogP contribution in [0.5, 0.6) is 17.2 Å². The van der Waals surface area contributed by atoms with Crippen LogP contribution in [-0.4, -0.2) is 6.92 Å². The van der Waals surface area contributed by atoms with Crippen LogP contribution < -0.4 is 24.7 Å². The number of rotatable bonds is 7. The van der Waals surface area contributed by atoms with Crippen molar-refractivity contribution < 1.29 is 9.39 Å². The topological polar surface area (TPSA) is 24.9 Å². The lowest BCUT2D eigenvalue weighted by Gasteiger charge is -2.36. The minimum atomic E-state index is -0.0874. The van der Waals surface area contributed by atoms with E-state index >= 15 is 0 Å². The van der Waals surface area contributed by atoms with Gasteiger partial charge in [-0.15, -0.1) is 0 Å². The van der Waals surface area contributed by atoms with E-state index in [1.807, 2.05) is 6.07 Å². The number of hydrogen-bond donors (Lipinski definition) is 0. The number of ether oxygens (including phenoxy) is 1. The van der Waals surface area contributed by atoms with Crippen LogP contribution >= 0.6 is 0 Å². The van der Waals surface area contributed by atoms with Gasteiger partial charge in [-0.3, -0.25) is 0 Å². The predicted molar refractivity (Wildman–Crippen MR) is 267 cm³/mol. The molecule has 2 heterocycles. The Labute approximate surface area is 372 Å². The molecule has 64 heavy (non-hydrogen) atoms. The Kier molecular flexibility index (Phi) is 8.35. The van der Waals surface area contributed by atoms with E-state index in [1.54, 1.807) is 0 Å². The second kappa shape index (κ2) is 14.7. The molecule has 5 heteroatoms. The highest BCUT2D eigenvalue weighted by Crippen LogP contribution is 2.57. The van der Waals surface area contributed by atoms with Crippen LogP contribution in [0.1, 0.15) is 5.56 Å². The number of anilines is 6. The number of nitrogens with zero attached hydrogens (tertiary/aromatic N) is 2. The van der Waals surface area contributed by atoms with Crippen LogP contribution in [0.25, 0.3) is 54.6 Å². The smallest absolute Gasteiger partial charge is 0.396 e. The molecule has 0 aliphatic carbocycles. The lowest BCUT2D eigenvalue weighted by atomic mass is 9.58.